The molecule has 0 aliphatic carbocycles. The number of aliphatic imine (C=N–C) groups is 1. The normalized spacial score (nSPS) is 25.6. The zero-order valence-corrected chi connectivity index (χ0v) is 16.6. The van der Waals surface area contributed by atoms with E-state index in [1.807, 2.05) is 21.9 Å². The van der Waals surface area contributed by atoms with Crippen LogP contribution in [0.5, 0.6) is 0 Å². The molecule has 1 aromatic carbocycles. The summed E-state index contributed by atoms with van der Waals surface area (Å²) in [6, 6.07) is 8.20. The Labute approximate surface area is 170 Å². The largest absolute Gasteiger partial charge is 0.404 e. The van der Waals surface area contributed by atoms with Crippen LogP contribution in [0.25, 0.3) is 5.57 Å². The summed E-state index contributed by atoms with van der Waals surface area (Å²) in [7, 11) is 1.72. The number of ether oxygens (including phenoxy) is 1. The molecule has 3 amide bonds. The van der Waals surface area contributed by atoms with Crippen LogP contribution >= 0.6 is 0 Å². The Morgan fingerprint density at radius 2 is 2.00 bits per heavy atom. The molecule has 4 rings (SSSR count). The lowest BCUT2D eigenvalue weighted by Gasteiger charge is -2.46. The number of rotatable bonds is 3. The molecule has 0 spiro atoms. The molecule has 0 radical (unpaired) electrons. The minimum Gasteiger partial charge on any atom is -0.404 e. The predicted octanol–water partition coefficient (Wildman–Crippen LogP) is 0.795. The van der Waals surface area contributed by atoms with Gasteiger partial charge in [0, 0.05) is 57.1 Å². The number of benzene rings is 1. The Kier molecular flexibility index (Phi) is 5.53. The summed E-state index contributed by atoms with van der Waals surface area (Å²) in [5, 5.41) is 2.94. The lowest BCUT2D eigenvalue weighted by molar-refractivity contribution is -0.139. The van der Waals surface area contributed by atoms with Gasteiger partial charge in [-0.25, -0.2) is 4.79 Å². The van der Waals surface area contributed by atoms with Gasteiger partial charge < -0.3 is 25.6 Å². The van der Waals surface area contributed by atoms with Crippen LogP contribution in [0, 0.1) is 0 Å². The van der Waals surface area contributed by atoms with Crippen LogP contribution in [0.4, 0.5) is 4.79 Å². The molecule has 1 aromatic rings. The van der Waals surface area contributed by atoms with Gasteiger partial charge in [0.2, 0.25) is 5.91 Å². The average molecular weight is 397 g/mol. The van der Waals surface area contributed by atoms with Crippen molar-refractivity contribution in [2.24, 2.45) is 10.7 Å². The molecular formula is C21H27N5O3. The van der Waals surface area contributed by atoms with E-state index in [4.69, 9.17) is 10.5 Å². The van der Waals surface area contributed by atoms with E-state index < -0.39 is 0 Å². The molecule has 0 saturated carbocycles. The number of hydrogen-bond acceptors (Lipinski definition) is 5. The van der Waals surface area contributed by atoms with E-state index in [2.05, 4.69) is 22.4 Å². The van der Waals surface area contributed by atoms with E-state index in [9.17, 15) is 9.59 Å². The smallest absolute Gasteiger partial charge is 0.320 e. The van der Waals surface area contributed by atoms with Crippen LogP contribution < -0.4 is 11.1 Å². The van der Waals surface area contributed by atoms with Crippen molar-refractivity contribution in [3.63, 3.8) is 0 Å². The summed E-state index contributed by atoms with van der Waals surface area (Å²) in [6.07, 6.45) is 4.06. The molecule has 3 saturated heterocycles. The molecule has 154 valence electrons. The molecule has 3 heterocycles. The monoisotopic (exact) mass is 397 g/mol. The highest BCUT2D eigenvalue weighted by molar-refractivity contribution is 6.09. The number of likely N-dealkylation sites (tertiary alicyclic amines) is 2. The maximum absolute atomic E-state index is 12.8. The lowest BCUT2D eigenvalue weighted by Crippen LogP contribution is -2.63. The molecule has 8 heteroatoms. The quantitative estimate of drug-likeness (QED) is 0.737. The maximum Gasteiger partial charge on any atom is 0.320 e. The summed E-state index contributed by atoms with van der Waals surface area (Å²) in [5.74, 6) is 0.235. The third-order valence-electron chi connectivity index (χ3n) is 5.91. The first kappa shape index (κ1) is 19.4. The van der Waals surface area contributed by atoms with E-state index in [1.54, 1.807) is 19.5 Å². The minimum atomic E-state index is -0.106. The lowest BCUT2D eigenvalue weighted by atomic mass is 9.90. The van der Waals surface area contributed by atoms with Crippen LogP contribution in [-0.4, -0.2) is 79.9 Å². The number of morpholine rings is 1. The van der Waals surface area contributed by atoms with Crippen LogP contribution in [0.3, 0.4) is 0 Å². The number of nitrogens with zero attached hydrogens (tertiary/aromatic N) is 3. The molecule has 3 aliphatic rings. The highest BCUT2D eigenvalue weighted by Crippen LogP contribution is 2.30. The number of fused-ring (bicyclic) bond motifs is 1. The second-order valence-corrected chi connectivity index (χ2v) is 7.77. The second kappa shape index (κ2) is 8.24. The van der Waals surface area contributed by atoms with Crippen molar-refractivity contribution in [2.45, 2.75) is 24.5 Å². The molecule has 8 nitrogen and oxygen atoms in total. The highest BCUT2D eigenvalue weighted by Gasteiger charge is 2.40. The summed E-state index contributed by atoms with van der Waals surface area (Å²) in [4.78, 5) is 32.1. The Bertz CT molecular complexity index is 829. The summed E-state index contributed by atoms with van der Waals surface area (Å²) in [5.41, 5.74) is 8.78. The fourth-order valence-corrected chi connectivity index (χ4v) is 4.22. The average Bonchev–Trinajstić information content (AvgIpc) is 2.71. The number of nitrogens with two attached hydrogens (primary N) is 1. The number of piperidine rings is 1. The number of nitrogens with one attached hydrogen (secondary N) is 1. The molecule has 3 N–H and O–H groups in total. The number of amides is 3. The van der Waals surface area contributed by atoms with Crippen molar-refractivity contribution in [2.75, 3.05) is 39.8 Å². The minimum absolute atomic E-state index is 0.0182. The van der Waals surface area contributed by atoms with Crippen LogP contribution in [0.15, 0.2) is 35.5 Å². The van der Waals surface area contributed by atoms with Gasteiger partial charge in [0.1, 0.15) is 6.61 Å². The van der Waals surface area contributed by atoms with Gasteiger partial charge in [-0.3, -0.25) is 9.79 Å². The van der Waals surface area contributed by atoms with Crippen LogP contribution in [-0.2, 0) is 9.53 Å². The zero-order valence-electron chi connectivity index (χ0n) is 16.6. The first-order valence-corrected chi connectivity index (χ1v) is 9.98. The molecule has 2 atom stereocenters. The number of allylic oxidation sites excluding steroid dienone is 1. The Morgan fingerprint density at radius 1 is 1.24 bits per heavy atom. The summed E-state index contributed by atoms with van der Waals surface area (Å²) < 4.78 is 5.56. The zero-order chi connectivity index (χ0) is 20.4. The van der Waals surface area contributed by atoms with Crippen molar-refractivity contribution in [3.05, 3.63) is 41.6 Å². The summed E-state index contributed by atoms with van der Waals surface area (Å²) >= 11 is 0. The summed E-state index contributed by atoms with van der Waals surface area (Å²) in [6.45, 7) is 2.72. The van der Waals surface area contributed by atoms with E-state index in [1.165, 1.54) is 5.56 Å². The van der Waals surface area contributed by atoms with Crippen molar-refractivity contribution in [1.29, 1.82) is 0 Å². The van der Waals surface area contributed by atoms with Gasteiger partial charge in [0.25, 0.3) is 0 Å². The Balaban J connectivity index is 1.31. The fourth-order valence-electron chi connectivity index (χ4n) is 4.22. The van der Waals surface area contributed by atoms with Crippen LogP contribution in [0.2, 0.25) is 0 Å². The SMILES string of the molecule is CN=CC(=CN)c1ccc(C2CN(C(=O)N3CC[C@@H]4OCC(=O)N[C@@H]4C3)C2)cc1. The molecular weight excluding hydrogens is 370 g/mol. The van der Waals surface area contributed by atoms with Gasteiger partial charge in [-0.15, -0.1) is 0 Å². The topological polar surface area (TPSA) is 100 Å². The molecule has 0 unspecified atom stereocenters. The van der Waals surface area contributed by atoms with Crippen molar-refractivity contribution < 1.29 is 14.3 Å². The highest BCUT2D eigenvalue weighted by atomic mass is 16.5. The number of urea groups is 1. The first-order chi connectivity index (χ1) is 14.1. The standard InChI is InChI=1S/C21H27N5O3/c1-23-9-16(8-22)14-2-4-15(5-3-14)17-10-26(11-17)21(28)25-7-6-19-18(12-25)24-20(27)13-29-19/h2-5,8-9,17-19H,6-7,10-13,22H2,1H3,(H,24,27)/t18-,19+/m1/s1. The number of carbonyl (C=O) groups excluding carboxylic acids is 2. The Hall–Kier alpha value is -2.87. The first-order valence-electron chi connectivity index (χ1n) is 9.98. The van der Waals surface area contributed by atoms with Crippen molar-refractivity contribution >= 4 is 23.7 Å². The van der Waals surface area contributed by atoms with Gasteiger partial charge in [-0.2, -0.15) is 0 Å². The van der Waals surface area contributed by atoms with E-state index in [-0.39, 0.29) is 30.7 Å². The van der Waals surface area contributed by atoms with Gasteiger partial charge in [-0.05, 0) is 17.5 Å². The molecule has 3 aliphatic heterocycles. The number of carbonyl (C=O) groups is 2. The van der Waals surface area contributed by atoms with Gasteiger partial charge in [-0.1, -0.05) is 24.3 Å². The van der Waals surface area contributed by atoms with Crippen molar-refractivity contribution in [3.8, 4) is 0 Å². The van der Waals surface area contributed by atoms with Crippen LogP contribution in [0.1, 0.15) is 23.5 Å². The maximum atomic E-state index is 12.8. The predicted molar refractivity (Wildman–Crippen MR) is 111 cm³/mol. The van der Waals surface area contributed by atoms with Crippen molar-refractivity contribution in [1.82, 2.24) is 15.1 Å². The van der Waals surface area contributed by atoms with Gasteiger partial charge in [0.15, 0.2) is 0 Å². The fraction of sp³-hybridized carbons (Fsp3) is 0.476. The van der Waals surface area contributed by atoms with E-state index in [0.717, 1.165) is 17.6 Å². The van der Waals surface area contributed by atoms with E-state index in [0.29, 0.717) is 32.1 Å². The molecule has 3 fully saturated rings. The second-order valence-electron chi connectivity index (χ2n) is 7.77. The molecule has 0 bridgehead atoms. The van der Waals surface area contributed by atoms with Gasteiger partial charge >= 0.3 is 6.03 Å². The molecule has 0 aromatic heterocycles. The number of hydrogen-bond donors (Lipinski definition) is 2. The van der Waals surface area contributed by atoms with E-state index >= 15 is 0 Å². The third-order valence-corrected chi connectivity index (χ3v) is 5.91. The third kappa shape index (κ3) is 3.98. The van der Waals surface area contributed by atoms with Gasteiger partial charge in [0.05, 0.1) is 12.1 Å². The molecule has 29 heavy (non-hydrogen) atoms. The Morgan fingerprint density at radius 3 is 2.69 bits per heavy atom.